The number of halogens is 1. The number of nitrogens with one attached hydrogen (secondary N) is 1. The fourth-order valence-corrected chi connectivity index (χ4v) is 4.75. The number of amides is 1. The third-order valence-corrected chi connectivity index (χ3v) is 6.86. The van der Waals surface area contributed by atoms with E-state index in [1.54, 1.807) is 36.4 Å². The van der Waals surface area contributed by atoms with Gasteiger partial charge in [-0.25, -0.2) is 8.42 Å². The first kappa shape index (κ1) is 21.9. The van der Waals surface area contributed by atoms with E-state index in [2.05, 4.69) is 5.32 Å². The van der Waals surface area contributed by atoms with E-state index >= 15 is 0 Å². The average Bonchev–Trinajstić information content (AvgIpc) is 2.70. The number of hydrogen-bond acceptors (Lipinski definition) is 3. The molecule has 156 valence electrons. The van der Waals surface area contributed by atoms with Crippen LogP contribution in [-0.4, -0.2) is 21.4 Å². The van der Waals surface area contributed by atoms with Gasteiger partial charge in [0.15, 0.2) is 0 Å². The molecule has 0 saturated carbocycles. The highest BCUT2D eigenvalue weighted by Gasteiger charge is 2.23. The summed E-state index contributed by atoms with van der Waals surface area (Å²) < 4.78 is 27.3. The van der Waals surface area contributed by atoms with Crippen LogP contribution in [0.2, 0.25) is 5.02 Å². The van der Waals surface area contributed by atoms with Crippen LogP contribution >= 0.6 is 11.6 Å². The van der Waals surface area contributed by atoms with Gasteiger partial charge in [-0.15, -0.1) is 0 Å². The monoisotopic (exact) mass is 442 g/mol. The van der Waals surface area contributed by atoms with Crippen molar-refractivity contribution in [3.63, 3.8) is 0 Å². The molecule has 0 unspecified atom stereocenters. The summed E-state index contributed by atoms with van der Waals surface area (Å²) in [5.74, 6) is -0.368. The molecule has 0 radical (unpaired) electrons. The van der Waals surface area contributed by atoms with Crippen LogP contribution in [0.15, 0.2) is 65.6 Å². The Bertz CT molecular complexity index is 1200. The Kier molecular flexibility index (Phi) is 6.19. The minimum absolute atomic E-state index is 0.0231. The highest BCUT2D eigenvalue weighted by atomic mass is 35.5. The third-order valence-electron chi connectivity index (χ3n) is 4.84. The van der Waals surface area contributed by atoms with Crippen molar-refractivity contribution in [2.75, 3.05) is 16.7 Å². The van der Waals surface area contributed by atoms with Crippen LogP contribution in [0.25, 0.3) is 0 Å². The summed E-state index contributed by atoms with van der Waals surface area (Å²) in [7, 11) is -2.41. The van der Waals surface area contributed by atoms with Crippen molar-refractivity contribution in [2.24, 2.45) is 0 Å². The SMILES string of the molecule is Cc1cc(C)c(NC(=O)c2cccc(S(=O)(=O)N(C)c3cccc(Cl)c3)c2)c(C)c1. The number of sulfonamides is 1. The van der Waals surface area contributed by atoms with Gasteiger partial charge < -0.3 is 5.32 Å². The molecule has 3 aromatic rings. The number of benzene rings is 3. The maximum atomic E-state index is 13.1. The van der Waals surface area contributed by atoms with Gasteiger partial charge in [-0.3, -0.25) is 9.10 Å². The van der Waals surface area contributed by atoms with Crippen LogP contribution in [0.4, 0.5) is 11.4 Å². The second-order valence-electron chi connectivity index (χ2n) is 7.21. The summed E-state index contributed by atoms with van der Waals surface area (Å²) in [5.41, 5.74) is 4.43. The molecule has 0 fully saturated rings. The molecule has 1 amide bonds. The van der Waals surface area contributed by atoms with Crippen LogP contribution < -0.4 is 9.62 Å². The molecule has 3 rings (SSSR count). The van der Waals surface area contributed by atoms with Crippen molar-refractivity contribution in [2.45, 2.75) is 25.7 Å². The molecule has 0 aliphatic carbocycles. The molecule has 0 aliphatic rings. The summed E-state index contributed by atoms with van der Waals surface area (Å²) in [6, 6.07) is 16.6. The first-order chi connectivity index (χ1) is 14.1. The van der Waals surface area contributed by atoms with Gasteiger partial charge in [0.05, 0.1) is 10.6 Å². The molecule has 0 aromatic heterocycles. The van der Waals surface area contributed by atoms with E-state index in [0.717, 1.165) is 26.7 Å². The second kappa shape index (κ2) is 8.50. The number of aryl methyl sites for hydroxylation is 3. The lowest BCUT2D eigenvalue weighted by atomic mass is 10.0. The molecule has 30 heavy (non-hydrogen) atoms. The lowest BCUT2D eigenvalue weighted by molar-refractivity contribution is 0.102. The van der Waals surface area contributed by atoms with Crippen molar-refractivity contribution in [1.82, 2.24) is 0 Å². The summed E-state index contributed by atoms with van der Waals surface area (Å²) in [5, 5.41) is 3.34. The third kappa shape index (κ3) is 4.50. The molecule has 0 spiro atoms. The zero-order valence-corrected chi connectivity index (χ0v) is 18.8. The first-order valence-corrected chi connectivity index (χ1v) is 11.1. The van der Waals surface area contributed by atoms with Gasteiger partial charge in [-0.2, -0.15) is 0 Å². The minimum atomic E-state index is -3.86. The number of carbonyl (C=O) groups excluding carboxylic acids is 1. The molecular weight excluding hydrogens is 420 g/mol. The number of nitrogens with zero attached hydrogens (tertiary/aromatic N) is 1. The van der Waals surface area contributed by atoms with Crippen LogP contribution in [-0.2, 0) is 10.0 Å². The maximum Gasteiger partial charge on any atom is 0.264 e. The Morgan fingerprint density at radius 3 is 2.20 bits per heavy atom. The average molecular weight is 443 g/mol. The molecule has 0 bridgehead atoms. The predicted molar refractivity (Wildman–Crippen MR) is 122 cm³/mol. The minimum Gasteiger partial charge on any atom is -0.322 e. The van der Waals surface area contributed by atoms with Crippen LogP contribution in [0, 0.1) is 20.8 Å². The number of carbonyl (C=O) groups is 1. The zero-order valence-electron chi connectivity index (χ0n) is 17.2. The van der Waals surface area contributed by atoms with Crippen molar-refractivity contribution in [3.8, 4) is 0 Å². The Hall–Kier alpha value is -2.83. The van der Waals surface area contributed by atoms with E-state index in [1.165, 1.54) is 19.2 Å². The topological polar surface area (TPSA) is 66.5 Å². The van der Waals surface area contributed by atoms with Gasteiger partial charge in [0.2, 0.25) is 0 Å². The maximum absolute atomic E-state index is 13.1. The Morgan fingerprint density at radius 2 is 1.57 bits per heavy atom. The van der Waals surface area contributed by atoms with Crippen molar-refractivity contribution < 1.29 is 13.2 Å². The predicted octanol–water partition coefficient (Wildman–Crippen LogP) is 5.34. The molecule has 0 aliphatic heterocycles. The van der Waals surface area contributed by atoms with Gasteiger partial charge in [-0.1, -0.05) is 41.4 Å². The van der Waals surface area contributed by atoms with E-state index in [4.69, 9.17) is 11.6 Å². The van der Waals surface area contributed by atoms with E-state index in [0.29, 0.717) is 10.7 Å². The molecule has 0 saturated heterocycles. The summed E-state index contributed by atoms with van der Waals surface area (Å²) in [4.78, 5) is 12.9. The summed E-state index contributed by atoms with van der Waals surface area (Å²) >= 11 is 5.99. The van der Waals surface area contributed by atoms with E-state index in [9.17, 15) is 13.2 Å². The summed E-state index contributed by atoms with van der Waals surface area (Å²) in [6.45, 7) is 5.85. The number of anilines is 2. The molecule has 3 aromatic carbocycles. The summed E-state index contributed by atoms with van der Waals surface area (Å²) in [6.07, 6.45) is 0. The molecule has 7 heteroatoms. The van der Waals surface area contributed by atoms with Gasteiger partial charge >= 0.3 is 0 Å². The normalized spacial score (nSPS) is 11.2. The standard InChI is InChI=1S/C23H23ClN2O3S/c1-15-11-16(2)22(17(3)12-15)25-23(27)18-7-5-10-21(13-18)30(28,29)26(4)20-9-6-8-19(24)14-20/h5-14H,1-4H3,(H,25,27). The van der Waals surface area contributed by atoms with Gasteiger partial charge in [0.25, 0.3) is 15.9 Å². The molecular formula is C23H23ClN2O3S. The molecule has 0 heterocycles. The second-order valence-corrected chi connectivity index (χ2v) is 9.61. The lowest BCUT2D eigenvalue weighted by Gasteiger charge is -2.20. The van der Waals surface area contributed by atoms with Gasteiger partial charge in [0, 0.05) is 23.3 Å². The van der Waals surface area contributed by atoms with Gasteiger partial charge in [-0.05, 0) is 68.3 Å². The lowest BCUT2D eigenvalue weighted by Crippen LogP contribution is -2.27. The van der Waals surface area contributed by atoms with Crippen molar-refractivity contribution in [3.05, 3.63) is 87.9 Å². The molecule has 0 atom stereocenters. The Morgan fingerprint density at radius 1 is 0.933 bits per heavy atom. The molecule has 5 nitrogen and oxygen atoms in total. The first-order valence-electron chi connectivity index (χ1n) is 9.33. The van der Waals surface area contributed by atoms with Gasteiger partial charge in [0.1, 0.15) is 0 Å². The van der Waals surface area contributed by atoms with E-state index in [-0.39, 0.29) is 16.4 Å². The van der Waals surface area contributed by atoms with Crippen LogP contribution in [0.5, 0.6) is 0 Å². The fraction of sp³-hybridized carbons (Fsp3) is 0.174. The zero-order chi connectivity index (χ0) is 22.1. The quantitative estimate of drug-likeness (QED) is 0.579. The van der Waals surface area contributed by atoms with E-state index in [1.807, 2.05) is 32.9 Å². The number of rotatable bonds is 5. The van der Waals surface area contributed by atoms with Crippen molar-refractivity contribution >= 4 is 38.9 Å². The smallest absolute Gasteiger partial charge is 0.264 e. The van der Waals surface area contributed by atoms with E-state index < -0.39 is 10.0 Å². The Balaban J connectivity index is 1.91. The van der Waals surface area contributed by atoms with Crippen molar-refractivity contribution in [1.29, 1.82) is 0 Å². The Labute approximate surface area is 182 Å². The fourth-order valence-electron chi connectivity index (χ4n) is 3.33. The van der Waals surface area contributed by atoms with Crippen LogP contribution in [0.1, 0.15) is 27.0 Å². The highest BCUT2D eigenvalue weighted by Crippen LogP contribution is 2.26. The largest absolute Gasteiger partial charge is 0.322 e. The van der Waals surface area contributed by atoms with Crippen LogP contribution in [0.3, 0.4) is 0 Å². The molecule has 1 N–H and O–H groups in total. The highest BCUT2D eigenvalue weighted by molar-refractivity contribution is 7.92. The number of hydrogen-bond donors (Lipinski definition) is 1.